The Balaban J connectivity index is 2.71. The van der Waals surface area contributed by atoms with Gasteiger partial charge >= 0.3 is 0 Å². The molecule has 1 heterocycles. The molecular formula is C4H8F2N2O2S. The van der Waals surface area contributed by atoms with E-state index >= 15 is 0 Å². The van der Waals surface area contributed by atoms with Gasteiger partial charge in [-0.05, 0) is 0 Å². The topological polar surface area (TPSA) is 63.4 Å². The molecule has 0 aromatic rings. The second-order valence-corrected chi connectivity index (χ2v) is 4.03. The van der Waals surface area contributed by atoms with E-state index in [-0.39, 0.29) is 6.54 Å². The van der Waals surface area contributed by atoms with Gasteiger partial charge in [0.05, 0.1) is 6.54 Å². The summed E-state index contributed by atoms with van der Waals surface area (Å²) in [6.07, 6.45) is -0.441. The molecule has 0 saturated carbocycles. The van der Waals surface area contributed by atoms with E-state index in [4.69, 9.17) is 0 Å². The van der Waals surface area contributed by atoms with Gasteiger partial charge < -0.3 is 0 Å². The van der Waals surface area contributed by atoms with Crippen molar-refractivity contribution < 1.29 is 17.2 Å². The third-order valence-electron chi connectivity index (χ3n) is 1.49. The summed E-state index contributed by atoms with van der Waals surface area (Å²) in [5.41, 5.74) is 0. The molecule has 66 valence electrons. The minimum Gasteiger partial charge on any atom is -0.216 e. The summed E-state index contributed by atoms with van der Waals surface area (Å²) < 4.78 is 46.3. The second kappa shape index (κ2) is 2.36. The Morgan fingerprint density at radius 2 is 2.00 bits per heavy atom. The second-order valence-electron chi connectivity index (χ2n) is 2.48. The first-order valence-corrected chi connectivity index (χ1v) is 4.47. The van der Waals surface area contributed by atoms with Crippen LogP contribution in [-0.2, 0) is 10.2 Å². The van der Waals surface area contributed by atoms with Crippen molar-refractivity contribution in [1.29, 1.82) is 0 Å². The number of nitrogens with zero attached hydrogens (tertiary/aromatic N) is 1. The fourth-order valence-corrected chi connectivity index (χ4v) is 1.64. The van der Waals surface area contributed by atoms with Crippen LogP contribution in [0.3, 0.4) is 0 Å². The number of hydrogen-bond acceptors (Lipinski definition) is 2. The molecule has 1 fully saturated rings. The number of nitrogens with two attached hydrogens (primary N) is 1. The van der Waals surface area contributed by atoms with Gasteiger partial charge in [0.2, 0.25) is 0 Å². The van der Waals surface area contributed by atoms with Crippen LogP contribution in [0.15, 0.2) is 0 Å². The summed E-state index contributed by atoms with van der Waals surface area (Å²) in [4.78, 5) is 0. The monoisotopic (exact) mass is 186 g/mol. The maximum atomic E-state index is 12.4. The molecule has 2 N–H and O–H groups in total. The van der Waals surface area contributed by atoms with Crippen LogP contribution in [0.5, 0.6) is 0 Å². The highest BCUT2D eigenvalue weighted by Crippen LogP contribution is 2.27. The highest BCUT2D eigenvalue weighted by molar-refractivity contribution is 7.86. The molecule has 0 amide bonds. The first-order valence-electron chi connectivity index (χ1n) is 2.97. The quantitative estimate of drug-likeness (QED) is 0.601. The van der Waals surface area contributed by atoms with Gasteiger partial charge in [-0.1, -0.05) is 0 Å². The molecule has 11 heavy (non-hydrogen) atoms. The molecule has 0 aromatic carbocycles. The first kappa shape index (κ1) is 8.82. The smallest absolute Gasteiger partial charge is 0.216 e. The van der Waals surface area contributed by atoms with Crippen LogP contribution in [-0.4, -0.2) is 31.7 Å². The van der Waals surface area contributed by atoms with E-state index in [1.807, 2.05) is 0 Å². The fraction of sp³-hybridized carbons (Fsp3) is 1.00. The molecule has 0 spiro atoms. The zero-order valence-electron chi connectivity index (χ0n) is 5.63. The largest absolute Gasteiger partial charge is 0.277 e. The number of rotatable bonds is 1. The lowest BCUT2D eigenvalue weighted by Gasteiger charge is -2.11. The van der Waals surface area contributed by atoms with E-state index in [0.29, 0.717) is 4.31 Å². The van der Waals surface area contributed by atoms with Gasteiger partial charge in [0, 0.05) is 13.0 Å². The van der Waals surface area contributed by atoms with Crippen molar-refractivity contribution in [2.24, 2.45) is 5.14 Å². The molecule has 0 bridgehead atoms. The number of hydrogen-bond donors (Lipinski definition) is 1. The van der Waals surface area contributed by atoms with Crippen LogP contribution in [0.2, 0.25) is 0 Å². The summed E-state index contributed by atoms with van der Waals surface area (Å²) in [6, 6.07) is 0. The van der Waals surface area contributed by atoms with E-state index in [0.717, 1.165) is 0 Å². The van der Waals surface area contributed by atoms with Gasteiger partial charge in [-0.15, -0.1) is 0 Å². The van der Waals surface area contributed by atoms with Crippen LogP contribution in [0.4, 0.5) is 8.78 Å². The minimum atomic E-state index is -3.92. The Hall–Kier alpha value is -0.270. The van der Waals surface area contributed by atoms with Gasteiger partial charge in [0.15, 0.2) is 0 Å². The molecule has 0 aliphatic carbocycles. The lowest BCUT2D eigenvalue weighted by atomic mass is 10.3. The average molecular weight is 186 g/mol. The van der Waals surface area contributed by atoms with Crippen molar-refractivity contribution in [3.8, 4) is 0 Å². The van der Waals surface area contributed by atoms with E-state index in [1.165, 1.54) is 0 Å². The van der Waals surface area contributed by atoms with Gasteiger partial charge in [0.1, 0.15) is 0 Å². The van der Waals surface area contributed by atoms with E-state index in [2.05, 4.69) is 5.14 Å². The Labute approximate surface area is 63.2 Å². The predicted octanol–water partition coefficient (Wildman–Crippen LogP) is -0.469. The maximum absolute atomic E-state index is 12.4. The standard InChI is InChI=1S/C4H8F2N2O2S/c5-4(6)1-2-8(3-4)11(7,9)10/h1-3H2,(H2,7,9,10). The summed E-state index contributed by atoms with van der Waals surface area (Å²) in [5, 5.41) is 4.63. The third kappa shape index (κ3) is 2.08. The molecule has 0 unspecified atom stereocenters. The molecular weight excluding hydrogens is 178 g/mol. The van der Waals surface area contributed by atoms with Crippen LogP contribution in [0, 0.1) is 0 Å². The van der Waals surface area contributed by atoms with Gasteiger partial charge in [-0.2, -0.15) is 12.7 Å². The van der Waals surface area contributed by atoms with E-state index < -0.39 is 29.1 Å². The van der Waals surface area contributed by atoms with Crippen molar-refractivity contribution in [2.75, 3.05) is 13.1 Å². The Morgan fingerprint density at radius 1 is 1.45 bits per heavy atom. The molecule has 0 atom stereocenters. The average Bonchev–Trinajstić information content (AvgIpc) is 2.07. The fourth-order valence-electron chi connectivity index (χ4n) is 0.922. The van der Waals surface area contributed by atoms with Crippen molar-refractivity contribution in [3.63, 3.8) is 0 Å². The molecule has 0 radical (unpaired) electrons. The zero-order valence-corrected chi connectivity index (χ0v) is 6.44. The Bertz CT molecular complexity index is 251. The Morgan fingerprint density at radius 3 is 2.18 bits per heavy atom. The molecule has 1 aliphatic heterocycles. The molecule has 1 saturated heterocycles. The SMILES string of the molecule is NS(=O)(=O)N1CCC(F)(F)C1. The first-order chi connectivity index (χ1) is 4.81. The highest BCUT2D eigenvalue weighted by Gasteiger charge is 2.42. The molecule has 0 aromatic heterocycles. The van der Waals surface area contributed by atoms with Crippen molar-refractivity contribution in [3.05, 3.63) is 0 Å². The van der Waals surface area contributed by atoms with Gasteiger partial charge in [0.25, 0.3) is 16.1 Å². The molecule has 1 rings (SSSR count). The maximum Gasteiger partial charge on any atom is 0.277 e. The van der Waals surface area contributed by atoms with E-state index in [1.54, 1.807) is 0 Å². The number of alkyl halides is 2. The van der Waals surface area contributed by atoms with Crippen molar-refractivity contribution in [2.45, 2.75) is 12.3 Å². The van der Waals surface area contributed by atoms with Gasteiger partial charge in [-0.25, -0.2) is 13.9 Å². The predicted molar refractivity (Wildman–Crippen MR) is 34.2 cm³/mol. The highest BCUT2D eigenvalue weighted by atomic mass is 32.2. The van der Waals surface area contributed by atoms with Gasteiger partial charge in [-0.3, -0.25) is 0 Å². The zero-order chi connectivity index (χ0) is 8.70. The van der Waals surface area contributed by atoms with Crippen LogP contribution in [0.25, 0.3) is 0 Å². The normalized spacial score (nSPS) is 25.7. The van der Waals surface area contributed by atoms with Crippen LogP contribution >= 0.6 is 0 Å². The lowest BCUT2D eigenvalue weighted by molar-refractivity contribution is 0.0183. The lowest BCUT2D eigenvalue weighted by Crippen LogP contribution is -2.36. The molecule has 7 heteroatoms. The third-order valence-corrected chi connectivity index (χ3v) is 2.53. The summed E-state index contributed by atoms with van der Waals surface area (Å²) in [6.45, 7) is -0.975. The minimum absolute atomic E-state index is 0.189. The summed E-state index contributed by atoms with van der Waals surface area (Å²) in [7, 11) is -3.92. The molecule has 1 aliphatic rings. The Kier molecular flexibility index (Phi) is 1.89. The van der Waals surface area contributed by atoms with Crippen LogP contribution in [0.1, 0.15) is 6.42 Å². The van der Waals surface area contributed by atoms with Crippen molar-refractivity contribution in [1.82, 2.24) is 4.31 Å². The van der Waals surface area contributed by atoms with Crippen LogP contribution < -0.4 is 5.14 Å². The van der Waals surface area contributed by atoms with Crippen molar-refractivity contribution >= 4 is 10.2 Å². The number of halogens is 2. The summed E-state index contributed by atoms with van der Waals surface area (Å²) in [5.74, 6) is -2.91. The molecule has 4 nitrogen and oxygen atoms in total. The van der Waals surface area contributed by atoms with E-state index in [9.17, 15) is 17.2 Å². The summed E-state index contributed by atoms with van der Waals surface area (Å²) >= 11 is 0.